The molecule has 24 heavy (non-hydrogen) atoms. The zero-order valence-corrected chi connectivity index (χ0v) is 14.5. The Morgan fingerprint density at radius 2 is 2.00 bits per heavy atom. The van der Waals surface area contributed by atoms with Gasteiger partial charge in [0.15, 0.2) is 6.61 Å². The highest BCUT2D eigenvalue weighted by atomic mass is 16.5. The number of para-hydroxylation sites is 1. The van der Waals surface area contributed by atoms with Gasteiger partial charge in [-0.1, -0.05) is 23.8 Å². The molecular weight excluding hydrogens is 304 g/mol. The number of hydrogen-bond donors (Lipinski definition) is 1. The highest BCUT2D eigenvalue weighted by molar-refractivity contribution is 5.97. The van der Waals surface area contributed by atoms with Crippen molar-refractivity contribution in [1.29, 1.82) is 0 Å². The molecule has 0 saturated heterocycles. The molecule has 5 nitrogen and oxygen atoms in total. The van der Waals surface area contributed by atoms with Crippen LogP contribution in [0.3, 0.4) is 0 Å². The number of likely N-dealkylation sites (N-methyl/N-ethyl adjacent to an activating group) is 1. The minimum atomic E-state index is -0.167. The summed E-state index contributed by atoms with van der Waals surface area (Å²) in [5.41, 5.74) is 1.89. The van der Waals surface area contributed by atoms with E-state index in [4.69, 9.17) is 4.74 Å². The number of amides is 2. The van der Waals surface area contributed by atoms with Crippen LogP contribution in [0.5, 0.6) is 5.75 Å². The molecule has 0 fully saturated rings. The highest BCUT2D eigenvalue weighted by Crippen LogP contribution is 2.20. The number of carbonyl (C=O) groups excluding carboxylic acids is 2. The molecule has 0 bridgehead atoms. The molecule has 1 aliphatic carbocycles. The molecule has 1 aromatic rings. The third-order valence-corrected chi connectivity index (χ3v) is 4.10. The second-order valence-corrected chi connectivity index (χ2v) is 6.19. The van der Waals surface area contributed by atoms with E-state index >= 15 is 0 Å². The lowest BCUT2D eigenvalue weighted by Gasteiger charge is -2.15. The van der Waals surface area contributed by atoms with Crippen molar-refractivity contribution in [2.75, 3.05) is 27.2 Å². The summed E-state index contributed by atoms with van der Waals surface area (Å²) in [6, 6.07) is 7.00. The van der Waals surface area contributed by atoms with Gasteiger partial charge in [0.25, 0.3) is 11.8 Å². The van der Waals surface area contributed by atoms with E-state index in [0.29, 0.717) is 17.9 Å². The lowest BCUT2D eigenvalue weighted by Crippen LogP contribution is -2.29. The van der Waals surface area contributed by atoms with Crippen molar-refractivity contribution in [2.24, 2.45) is 0 Å². The van der Waals surface area contributed by atoms with Gasteiger partial charge in [0.05, 0.1) is 5.56 Å². The SMILES string of the molecule is CN(C)C(=O)COc1ccccc1C(=O)NCCC1=CCCCC1. The Bertz CT molecular complexity index is 608. The minimum absolute atomic E-state index is 0.0792. The third kappa shape index (κ3) is 5.41. The first-order valence-corrected chi connectivity index (χ1v) is 8.46. The van der Waals surface area contributed by atoms with Gasteiger partial charge in [-0.25, -0.2) is 0 Å². The predicted octanol–water partition coefficient (Wildman–Crippen LogP) is 2.77. The van der Waals surface area contributed by atoms with Gasteiger partial charge in [0.1, 0.15) is 5.75 Å². The first-order chi connectivity index (χ1) is 11.6. The summed E-state index contributed by atoms with van der Waals surface area (Å²) >= 11 is 0. The molecule has 0 heterocycles. The Hall–Kier alpha value is -2.30. The van der Waals surface area contributed by atoms with Crippen LogP contribution in [-0.4, -0.2) is 44.0 Å². The number of ether oxygens (including phenoxy) is 1. The maximum atomic E-state index is 12.4. The molecule has 2 rings (SSSR count). The normalized spacial score (nSPS) is 13.8. The zero-order chi connectivity index (χ0) is 17.4. The van der Waals surface area contributed by atoms with Crippen LogP contribution in [0, 0.1) is 0 Å². The van der Waals surface area contributed by atoms with Crippen molar-refractivity contribution in [3.63, 3.8) is 0 Å². The second-order valence-electron chi connectivity index (χ2n) is 6.19. The molecule has 0 saturated carbocycles. The van der Waals surface area contributed by atoms with Gasteiger partial charge in [-0.15, -0.1) is 0 Å². The van der Waals surface area contributed by atoms with Gasteiger partial charge in [-0.05, 0) is 44.2 Å². The van der Waals surface area contributed by atoms with E-state index in [2.05, 4.69) is 11.4 Å². The molecule has 5 heteroatoms. The Morgan fingerprint density at radius 1 is 1.21 bits per heavy atom. The van der Waals surface area contributed by atoms with Crippen LogP contribution >= 0.6 is 0 Å². The fraction of sp³-hybridized carbons (Fsp3) is 0.474. The number of nitrogens with one attached hydrogen (secondary N) is 1. The quantitative estimate of drug-likeness (QED) is 0.782. The molecule has 0 unspecified atom stereocenters. The number of allylic oxidation sites excluding steroid dienone is 1. The number of rotatable bonds is 7. The summed E-state index contributed by atoms with van der Waals surface area (Å²) < 4.78 is 5.51. The zero-order valence-electron chi connectivity index (χ0n) is 14.5. The summed E-state index contributed by atoms with van der Waals surface area (Å²) in [6.45, 7) is 0.541. The van der Waals surface area contributed by atoms with Crippen molar-refractivity contribution in [3.05, 3.63) is 41.5 Å². The van der Waals surface area contributed by atoms with E-state index in [1.54, 1.807) is 38.4 Å². The largest absolute Gasteiger partial charge is 0.483 e. The van der Waals surface area contributed by atoms with Crippen molar-refractivity contribution in [1.82, 2.24) is 10.2 Å². The summed E-state index contributed by atoms with van der Waals surface area (Å²) in [5, 5.41) is 2.94. The summed E-state index contributed by atoms with van der Waals surface area (Å²) in [4.78, 5) is 25.5. The maximum absolute atomic E-state index is 12.4. The van der Waals surface area contributed by atoms with Gasteiger partial charge < -0.3 is 15.0 Å². The van der Waals surface area contributed by atoms with Crippen molar-refractivity contribution >= 4 is 11.8 Å². The first kappa shape index (κ1) is 18.0. The molecule has 1 aliphatic rings. The number of carbonyl (C=O) groups is 2. The summed E-state index contributed by atoms with van der Waals surface area (Å²) in [5.74, 6) is 0.121. The van der Waals surface area contributed by atoms with Crippen LogP contribution in [-0.2, 0) is 4.79 Å². The number of hydrogen-bond acceptors (Lipinski definition) is 3. The lowest BCUT2D eigenvalue weighted by atomic mass is 9.97. The van der Waals surface area contributed by atoms with Crippen molar-refractivity contribution in [2.45, 2.75) is 32.1 Å². The second kappa shape index (κ2) is 9.11. The Balaban J connectivity index is 1.89. The average Bonchev–Trinajstić information content (AvgIpc) is 2.60. The van der Waals surface area contributed by atoms with Gasteiger partial charge >= 0.3 is 0 Å². The van der Waals surface area contributed by atoms with E-state index in [9.17, 15) is 9.59 Å². The van der Waals surface area contributed by atoms with Gasteiger partial charge in [0.2, 0.25) is 0 Å². The topological polar surface area (TPSA) is 58.6 Å². The van der Waals surface area contributed by atoms with Gasteiger partial charge in [-0.3, -0.25) is 9.59 Å². The Kier molecular flexibility index (Phi) is 6.85. The first-order valence-electron chi connectivity index (χ1n) is 8.46. The summed E-state index contributed by atoms with van der Waals surface area (Å²) in [6.07, 6.45) is 8.00. The molecule has 0 radical (unpaired) electrons. The van der Waals surface area contributed by atoms with Gasteiger partial charge in [0, 0.05) is 20.6 Å². The minimum Gasteiger partial charge on any atom is -0.483 e. The van der Waals surface area contributed by atoms with Crippen LogP contribution in [0.4, 0.5) is 0 Å². The Labute approximate surface area is 143 Å². The Morgan fingerprint density at radius 3 is 2.71 bits per heavy atom. The molecule has 1 aromatic carbocycles. The molecule has 2 amide bonds. The molecule has 0 spiro atoms. The van der Waals surface area contributed by atoms with Gasteiger partial charge in [-0.2, -0.15) is 0 Å². The molecule has 130 valence electrons. The van der Waals surface area contributed by atoms with Crippen LogP contribution in [0.1, 0.15) is 42.5 Å². The summed E-state index contributed by atoms with van der Waals surface area (Å²) in [7, 11) is 3.34. The molecule has 0 atom stereocenters. The van der Waals surface area contributed by atoms with E-state index in [1.165, 1.54) is 23.3 Å². The molecule has 0 aromatic heterocycles. The fourth-order valence-electron chi connectivity index (χ4n) is 2.61. The van der Waals surface area contributed by atoms with E-state index in [1.807, 2.05) is 0 Å². The maximum Gasteiger partial charge on any atom is 0.259 e. The van der Waals surface area contributed by atoms with Crippen LogP contribution in [0.2, 0.25) is 0 Å². The molecule has 0 aliphatic heterocycles. The van der Waals surface area contributed by atoms with Crippen LogP contribution < -0.4 is 10.1 Å². The predicted molar refractivity (Wildman–Crippen MR) is 94.1 cm³/mol. The van der Waals surface area contributed by atoms with E-state index in [0.717, 1.165) is 19.3 Å². The monoisotopic (exact) mass is 330 g/mol. The van der Waals surface area contributed by atoms with E-state index < -0.39 is 0 Å². The van der Waals surface area contributed by atoms with Crippen molar-refractivity contribution < 1.29 is 14.3 Å². The third-order valence-electron chi connectivity index (χ3n) is 4.10. The fourth-order valence-corrected chi connectivity index (χ4v) is 2.61. The number of nitrogens with zero attached hydrogens (tertiary/aromatic N) is 1. The number of benzene rings is 1. The smallest absolute Gasteiger partial charge is 0.259 e. The molecule has 1 N–H and O–H groups in total. The van der Waals surface area contributed by atoms with Crippen LogP contribution in [0.25, 0.3) is 0 Å². The van der Waals surface area contributed by atoms with Crippen molar-refractivity contribution in [3.8, 4) is 5.75 Å². The van der Waals surface area contributed by atoms with E-state index in [-0.39, 0.29) is 18.4 Å². The lowest BCUT2D eigenvalue weighted by molar-refractivity contribution is -0.130. The highest BCUT2D eigenvalue weighted by Gasteiger charge is 2.14. The average molecular weight is 330 g/mol. The van der Waals surface area contributed by atoms with Crippen LogP contribution in [0.15, 0.2) is 35.9 Å². The standard InChI is InChI=1S/C19H26N2O3/c1-21(2)18(22)14-24-17-11-7-6-10-16(17)19(23)20-13-12-15-8-4-3-5-9-15/h6-8,10-11H,3-5,9,12-14H2,1-2H3,(H,20,23). The molecular formula is C19H26N2O3.